The van der Waals surface area contributed by atoms with Gasteiger partial charge < -0.3 is 18.9 Å². The Bertz CT molecular complexity index is 245. The van der Waals surface area contributed by atoms with Crippen LogP contribution < -0.4 is 0 Å². The lowest BCUT2D eigenvalue weighted by Gasteiger charge is -2.34. The van der Waals surface area contributed by atoms with Crippen LogP contribution in [0.1, 0.15) is 47.0 Å². The van der Waals surface area contributed by atoms with E-state index >= 15 is 0 Å². The van der Waals surface area contributed by atoms with E-state index in [4.69, 9.17) is 18.9 Å². The molecule has 0 amide bonds. The van der Waals surface area contributed by atoms with Gasteiger partial charge in [-0.15, -0.1) is 0 Å². The van der Waals surface area contributed by atoms with Crippen LogP contribution in [0.2, 0.25) is 0 Å². The fourth-order valence-corrected chi connectivity index (χ4v) is 3.55. The monoisotopic (exact) mass is 272 g/mol. The SMILES string of the molecule is CCOC(C)OC1C2CCC(C2)C1OC(C)OCC. The van der Waals surface area contributed by atoms with E-state index < -0.39 is 0 Å². The second-order valence-electron chi connectivity index (χ2n) is 5.58. The van der Waals surface area contributed by atoms with Gasteiger partial charge in [0.1, 0.15) is 0 Å². The molecule has 0 N–H and O–H groups in total. The van der Waals surface area contributed by atoms with Crippen molar-refractivity contribution in [2.75, 3.05) is 13.2 Å². The summed E-state index contributed by atoms with van der Waals surface area (Å²) in [5, 5.41) is 0. The van der Waals surface area contributed by atoms with Crippen molar-refractivity contribution in [2.24, 2.45) is 11.8 Å². The molecule has 2 bridgehead atoms. The zero-order chi connectivity index (χ0) is 13.8. The highest BCUT2D eigenvalue weighted by Gasteiger charge is 2.50. The van der Waals surface area contributed by atoms with Crippen LogP contribution in [0.15, 0.2) is 0 Å². The van der Waals surface area contributed by atoms with Crippen molar-refractivity contribution in [1.29, 1.82) is 0 Å². The van der Waals surface area contributed by atoms with Gasteiger partial charge in [-0.1, -0.05) is 0 Å². The van der Waals surface area contributed by atoms with Crippen LogP contribution in [0.3, 0.4) is 0 Å². The van der Waals surface area contributed by atoms with E-state index in [0.717, 1.165) is 0 Å². The first-order chi connectivity index (χ1) is 9.15. The van der Waals surface area contributed by atoms with Gasteiger partial charge in [-0.25, -0.2) is 0 Å². The predicted molar refractivity (Wildman–Crippen MR) is 72.8 cm³/mol. The summed E-state index contributed by atoms with van der Waals surface area (Å²) in [7, 11) is 0. The lowest BCUT2D eigenvalue weighted by atomic mass is 9.94. The van der Waals surface area contributed by atoms with E-state index in [1.54, 1.807) is 0 Å². The quantitative estimate of drug-likeness (QED) is 0.637. The first-order valence-corrected chi connectivity index (χ1v) is 7.69. The minimum absolute atomic E-state index is 0.150. The molecule has 6 unspecified atom stereocenters. The molecule has 0 aromatic carbocycles. The lowest BCUT2D eigenvalue weighted by molar-refractivity contribution is -0.235. The fourth-order valence-electron chi connectivity index (χ4n) is 3.55. The van der Waals surface area contributed by atoms with Crippen LogP contribution in [0.4, 0.5) is 0 Å². The van der Waals surface area contributed by atoms with Crippen molar-refractivity contribution in [3.8, 4) is 0 Å². The first kappa shape index (κ1) is 15.2. The third-order valence-electron chi connectivity index (χ3n) is 4.27. The smallest absolute Gasteiger partial charge is 0.155 e. The zero-order valence-corrected chi connectivity index (χ0v) is 12.6. The molecule has 0 aliphatic heterocycles. The van der Waals surface area contributed by atoms with Crippen LogP contribution in [-0.4, -0.2) is 38.0 Å². The summed E-state index contributed by atoms with van der Waals surface area (Å²) in [6, 6.07) is 0. The average Bonchev–Trinajstić information content (AvgIpc) is 2.93. The van der Waals surface area contributed by atoms with Crippen molar-refractivity contribution in [3.05, 3.63) is 0 Å². The van der Waals surface area contributed by atoms with Crippen molar-refractivity contribution >= 4 is 0 Å². The summed E-state index contributed by atoms with van der Waals surface area (Å²) in [4.78, 5) is 0. The van der Waals surface area contributed by atoms with Gasteiger partial charge in [0.2, 0.25) is 0 Å². The Balaban J connectivity index is 1.91. The normalized spacial score (nSPS) is 36.6. The summed E-state index contributed by atoms with van der Waals surface area (Å²) < 4.78 is 23.2. The van der Waals surface area contributed by atoms with E-state index in [9.17, 15) is 0 Å². The molecule has 4 heteroatoms. The van der Waals surface area contributed by atoms with Gasteiger partial charge in [-0.05, 0) is 58.8 Å². The van der Waals surface area contributed by atoms with Crippen molar-refractivity contribution in [2.45, 2.75) is 71.7 Å². The molecule has 2 saturated carbocycles. The van der Waals surface area contributed by atoms with E-state index in [1.807, 2.05) is 27.7 Å². The standard InChI is InChI=1S/C15H28O4/c1-5-16-10(3)18-14-12-7-8-13(9-12)15(14)19-11(4)17-6-2/h10-15H,5-9H2,1-4H3. The topological polar surface area (TPSA) is 36.9 Å². The van der Waals surface area contributed by atoms with E-state index in [-0.39, 0.29) is 24.8 Å². The summed E-state index contributed by atoms with van der Waals surface area (Å²) in [5.74, 6) is 1.26. The molecule has 2 aliphatic carbocycles. The highest BCUT2D eigenvalue weighted by atomic mass is 16.7. The van der Waals surface area contributed by atoms with Gasteiger partial charge in [-0.2, -0.15) is 0 Å². The van der Waals surface area contributed by atoms with Gasteiger partial charge in [-0.3, -0.25) is 0 Å². The third-order valence-corrected chi connectivity index (χ3v) is 4.27. The van der Waals surface area contributed by atoms with E-state index in [1.165, 1.54) is 19.3 Å². The molecule has 2 fully saturated rings. The predicted octanol–water partition coefficient (Wildman–Crippen LogP) is 2.95. The van der Waals surface area contributed by atoms with Crippen molar-refractivity contribution in [1.82, 2.24) is 0 Å². The first-order valence-electron chi connectivity index (χ1n) is 7.69. The second-order valence-corrected chi connectivity index (χ2v) is 5.58. The highest BCUT2D eigenvalue weighted by Crippen LogP contribution is 2.48. The Kier molecular flexibility index (Phi) is 5.63. The molecule has 0 spiro atoms. The second kappa shape index (κ2) is 7.02. The molecular formula is C15H28O4. The Labute approximate surface area is 116 Å². The number of hydrogen-bond donors (Lipinski definition) is 0. The Hall–Kier alpha value is -0.160. The number of hydrogen-bond acceptors (Lipinski definition) is 4. The lowest BCUT2D eigenvalue weighted by Crippen LogP contribution is -2.41. The number of ether oxygens (including phenoxy) is 4. The van der Waals surface area contributed by atoms with Crippen LogP contribution in [-0.2, 0) is 18.9 Å². The minimum atomic E-state index is -0.150. The van der Waals surface area contributed by atoms with E-state index in [2.05, 4.69) is 0 Å². The molecule has 0 saturated heterocycles. The molecule has 4 nitrogen and oxygen atoms in total. The van der Waals surface area contributed by atoms with Gasteiger partial charge in [0.25, 0.3) is 0 Å². The maximum atomic E-state index is 6.07. The molecule has 0 aromatic rings. The van der Waals surface area contributed by atoms with Gasteiger partial charge in [0.15, 0.2) is 12.6 Å². The van der Waals surface area contributed by atoms with Gasteiger partial charge in [0.05, 0.1) is 12.2 Å². The molecule has 19 heavy (non-hydrogen) atoms. The third kappa shape index (κ3) is 3.69. The molecule has 0 heterocycles. The number of rotatable bonds is 8. The molecule has 112 valence electrons. The van der Waals surface area contributed by atoms with Crippen LogP contribution >= 0.6 is 0 Å². The maximum absolute atomic E-state index is 6.07. The largest absolute Gasteiger partial charge is 0.353 e. The molecule has 2 aliphatic rings. The van der Waals surface area contributed by atoms with Crippen LogP contribution in [0.25, 0.3) is 0 Å². The average molecular weight is 272 g/mol. The molecule has 2 rings (SSSR count). The minimum Gasteiger partial charge on any atom is -0.353 e. The summed E-state index contributed by atoms with van der Waals surface area (Å²) in [6.07, 6.45) is 3.79. The van der Waals surface area contributed by atoms with E-state index in [0.29, 0.717) is 25.0 Å². The van der Waals surface area contributed by atoms with Crippen LogP contribution in [0.5, 0.6) is 0 Å². The number of fused-ring (bicyclic) bond motifs is 2. The van der Waals surface area contributed by atoms with Gasteiger partial charge >= 0.3 is 0 Å². The van der Waals surface area contributed by atoms with Crippen molar-refractivity contribution < 1.29 is 18.9 Å². The summed E-state index contributed by atoms with van der Waals surface area (Å²) >= 11 is 0. The van der Waals surface area contributed by atoms with Crippen molar-refractivity contribution in [3.63, 3.8) is 0 Å². The Morgan fingerprint density at radius 2 is 1.26 bits per heavy atom. The fraction of sp³-hybridized carbons (Fsp3) is 1.00. The Morgan fingerprint density at radius 3 is 1.63 bits per heavy atom. The molecule has 0 radical (unpaired) electrons. The van der Waals surface area contributed by atoms with Crippen LogP contribution in [0, 0.1) is 11.8 Å². The Morgan fingerprint density at radius 1 is 0.842 bits per heavy atom. The molecule has 6 atom stereocenters. The molecular weight excluding hydrogens is 244 g/mol. The summed E-state index contributed by atoms with van der Waals surface area (Å²) in [6.45, 7) is 9.29. The molecule has 0 aromatic heterocycles. The van der Waals surface area contributed by atoms with Gasteiger partial charge in [0, 0.05) is 13.2 Å². The summed E-state index contributed by atoms with van der Waals surface area (Å²) in [5.41, 5.74) is 0. The maximum Gasteiger partial charge on any atom is 0.155 e. The highest BCUT2D eigenvalue weighted by molar-refractivity contribution is 4.99. The zero-order valence-electron chi connectivity index (χ0n) is 12.6.